The van der Waals surface area contributed by atoms with E-state index in [4.69, 9.17) is 10.2 Å². The normalized spacial score (nSPS) is 11.2. The Morgan fingerprint density at radius 3 is 2.80 bits per heavy atom. The summed E-state index contributed by atoms with van der Waals surface area (Å²) in [6.45, 7) is 3.78. The molecule has 20 heavy (non-hydrogen) atoms. The Labute approximate surface area is 116 Å². The molecule has 0 aliphatic carbocycles. The van der Waals surface area contributed by atoms with Crippen molar-refractivity contribution in [1.29, 1.82) is 0 Å². The third-order valence-electron chi connectivity index (χ3n) is 3.38. The highest BCUT2D eigenvalue weighted by Crippen LogP contribution is 2.31. The highest BCUT2D eigenvalue weighted by molar-refractivity contribution is 6.19. The van der Waals surface area contributed by atoms with Crippen LogP contribution in [0.5, 0.6) is 0 Å². The van der Waals surface area contributed by atoms with Crippen molar-refractivity contribution in [2.75, 3.05) is 5.73 Å². The summed E-state index contributed by atoms with van der Waals surface area (Å²) in [7, 11) is 1.76. The molecule has 0 radical (unpaired) electrons. The number of rotatable bonds is 2. The minimum Gasteiger partial charge on any atom is -0.422 e. The number of nitrogen functional groups attached to an aromatic ring is 1. The summed E-state index contributed by atoms with van der Waals surface area (Å²) in [5, 5.41) is 4.95. The average molecular weight is 269 g/mol. The lowest BCUT2D eigenvalue weighted by Crippen LogP contribution is -2.04. The van der Waals surface area contributed by atoms with E-state index in [1.165, 1.54) is 0 Å². The molecule has 2 N–H and O–H groups in total. The zero-order valence-corrected chi connectivity index (χ0v) is 11.6. The first kappa shape index (κ1) is 12.5. The molecule has 0 aliphatic rings. The minimum atomic E-state index is -0.138. The Bertz CT molecular complexity index is 827. The lowest BCUT2D eigenvalue weighted by molar-refractivity contribution is 0.104. The Balaban J connectivity index is 2.24. The van der Waals surface area contributed by atoms with Gasteiger partial charge in [0.1, 0.15) is 0 Å². The number of benzene rings is 1. The van der Waals surface area contributed by atoms with E-state index < -0.39 is 0 Å². The molecule has 0 unspecified atom stereocenters. The number of nitrogens with zero attached hydrogens (tertiary/aromatic N) is 2. The molecule has 2 heterocycles. The van der Waals surface area contributed by atoms with Gasteiger partial charge in [0.25, 0.3) is 0 Å². The van der Waals surface area contributed by atoms with E-state index in [9.17, 15) is 4.79 Å². The predicted molar refractivity (Wildman–Crippen MR) is 76.7 cm³/mol. The summed E-state index contributed by atoms with van der Waals surface area (Å²) in [4.78, 5) is 12.7. The van der Waals surface area contributed by atoms with Crippen LogP contribution in [0.2, 0.25) is 0 Å². The van der Waals surface area contributed by atoms with Crippen LogP contribution in [0.25, 0.3) is 11.1 Å². The van der Waals surface area contributed by atoms with E-state index in [-0.39, 0.29) is 11.7 Å². The number of furan rings is 1. The predicted octanol–water partition coefficient (Wildman–Crippen LogP) is 2.60. The van der Waals surface area contributed by atoms with Crippen molar-refractivity contribution in [2.24, 2.45) is 7.05 Å². The highest BCUT2D eigenvalue weighted by Gasteiger charge is 2.24. The van der Waals surface area contributed by atoms with Crippen molar-refractivity contribution in [3.8, 4) is 0 Å². The maximum absolute atomic E-state index is 12.7. The zero-order valence-electron chi connectivity index (χ0n) is 11.6. The number of carbonyl (C=O) groups is 1. The van der Waals surface area contributed by atoms with E-state index in [0.29, 0.717) is 22.2 Å². The van der Waals surface area contributed by atoms with Gasteiger partial charge in [-0.1, -0.05) is 23.8 Å². The van der Waals surface area contributed by atoms with Gasteiger partial charge in [0.05, 0.1) is 16.6 Å². The van der Waals surface area contributed by atoms with E-state index in [1.807, 2.05) is 32.0 Å². The molecule has 0 aliphatic heterocycles. The zero-order chi connectivity index (χ0) is 14.4. The van der Waals surface area contributed by atoms with Gasteiger partial charge in [-0.25, -0.2) is 4.68 Å². The first-order valence-electron chi connectivity index (χ1n) is 6.32. The quantitative estimate of drug-likeness (QED) is 0.726. The molecule has 102 valence electrons. The molecular formula is C15H15N3O2. The number of hydrogen-bond donors (Lipinski definition) is 1. The Morgan fingerprint density at radius 1 is 1.35 bits per heavy atom. The molecule has 0 saturated heterocycles. The van der Waals surface area contributed by atoms with Crippen LogP contribution in [0.4, 0.5) is 5.88 Å². The summed E-state index contributed by atoms with van der Waals surface area (Å²) in [5.74, 6) is 0.00339. The van der Waals surface area contributed by atoms with Gasteiger partial charge in [-0.05, 0) is 19.9 Å². The van der Waals surface area contributed by atoms with E-state index in [2.05, 4.69) is 5.10 Å². The SMILES string of the molecule is Cc1cccc(C(=O)c2c(N)oc3c2c(C)nn3C)c1. The van der Waals surface area contributed by atoms with Gasteiger partial charge >= 0.3 is 0 Å². The fourth-order valence-corrected chi connectivity index (χ4v) is 2.48. The first-order valence-corrected chi connectivity index (χ1v) is 6.32. The molecule has 2 aromatic heterocycles. The monoisotopic (exact) mass is 269 g/mol. The number of fused-ring (bicyclic) bond motifs is 1. The molecule has 0 fully saturated rings. The second kappa shape index (κ2) is 4.23. The third kappa shape index (κ3) is 1.71. The maximum Gasteiger partial charge on any atom is 0.228 e. The van der Waals surface area contributed by atoms with Crippen molar-refractivity contribution >= 4 is 22.8 Å². The van der Waals surface area contributed by atoms with E-state index >= 15 is 0 Å². The van der Waals surface area contributed by atoms with Gasteiger partial charge in [-0.15, -0.1) is 0 Å². The standard InChI is InChI=1S/C15H15N3O2/c1-8-5-4-6-10(7-8)13(19)12-11-9(2)17-18(3)15(11)20-14(12)16/h4-7H,16H2,1-3H3. The molecular weight excluding hydrogens is 254 g/mol. The largest absolute Gasteiger partial charge is 0.422 e. The summed E-state index contributed by atoms with van der Waals surface area (Å²) >= 11 is 0. The molecule has 0 spiro atoms. The number of aromatic nitrogens is 2. The summed E-state index contributed by atoms with van der Waals surface area (Å²) in [6, 6.07) is 7.41. The number of aryl methyl sites for hydroxylation is 3. The molecule has 3 aromatic rings. The lowest BCUT2D eigenvalue weighted by Gasteiger charge is -2.01. The smallest absolute Gasteiger partial charge is 0.228 e. The molecule has 0 bridgehead atoms. The van der Waals surface area contributed by atoms with Gasteiger partial charge in [-0.3, -0.25) is 4.79 Å². The van der Waals surface area contributed by atoms with E-state index in [0.717, 1.165) is 11.3 Å². The van der Waals surface area contributed by atoms with Crippen LogP contribution in [0.15, 0.2) is 28.7 Å². The number of nitrogens with two attached hydrogens (primary N) is 1. The molecule has 5 heteroatoms. The molecule has 0 atom stereocenters. The fraction of sp³-hybridized carbons (Fsp3) is 0.200. The van der Waals surface area contributed by atoms with Gasteiger partial charge < -0.3 is 10.2 Å². The molecule has 1 aromatic carbocycles. The average Bonchev–Trinajstić information content (AvgIpc) is 2.87. The van der Waals surface area contributed by atoms with Crippen LogP contribution in [-0.4, -0.2) is 15.6 Å². The van der Waals surface area contributed by atoms with Crippen molar-refractivity contribution in [3.05, 3.63) is 46.6 Å². The summed E-state index contributed by atoms with van der Waals surface area (Å²) in [5.41, 5.74) is 9.17. The second-order valence-corrected chi connectivity index (χ2v) is 4.93. The number of hydrogen-bond acceptors (Lipinski definition) is 4. The Hall–Kier alpha value is -2.56. The van der Waals surface area contributed by atoms with Crippen molar-refractivity contribution in [2.45, 2.75) is 13.8 Å². The van der Waals surface area contributed by atoms with Crippen molar-refractivity contribution in [1.82, 2.24) is 9.78 Å². The van der Waals surface area contributed by atoms with Crippen LogP contribution in [0.1, 0.15) is 27.2 Å². The minimum absolute atomic E-state index is 0.138. The number of ketones is 1. The highest BCUT2D eigenvalue weighted by atomic mass is 16.4. The Kier molecular flexibility index (Phi) is 2.64. The van der Waals surface area contributed by atoms with Gasteiger partial charge in [0, 0.05) is 12.6 Å². The van der Waals surface area contributed by atoms with Gasteiger partial charge in [0.15, 0.2) is 5.78 Å². The molecule has 0 amide bonds. The van der Waals surface area contributed by atoms with Gasteiger partial charge in [-0.2, -0.15) is 5.10 Å². The van der Waals surface area contributed by atoms with Crippen molar-refractivity contribution in [3.63, 3.8) is 0 Å². The lowest BCUT2D eigenvalue weighted by atomic mass is 10.0. The first-order chi connectivity index (χ1) is 9.49. The van der Waals surface area contributed by atoms with Crippen LogP contribution in [0.3, 0.4) is 0 Å². The molecule has 3 rings (SSSR count). The number of anilines is 1. The second-order valence-electron chi connectivity index (χ2n) is 4.93. The molecule has 5 nitrogen and oxygen atoms in total. The summed E-state index contributed by atoms with van der Waals surface area (Å²) < 4.78 is 7.07. The van der Waals surface area contributed by atoms with E-state index in [1.54, 1.807) is 17.8 Å². The number of carbonyl (C=O) groups excluding carboxylic acids is 1. The van der Waals surface area contributed by atoms with Crippen LogP contribution in [-0.2, 0) is 7.05 Å². The summed E-state index contributed by atoms with van der Waals surface area (Å²) in [6.07, 6.45) is 0. The molecule has 0 saturated carbocycles. The topological polar surface area (TPSA) is 74.1 Å². The van der Waals surface area contributed by atoms with Crippen molar-refractivity contribution < 1.29 is 9.21 Å². The third-order valence-corrected chi connectivity index (χ3v) is 3.38. The van der Waals surface area contributed by atoms with Gasteiger partial charge in [0.2, 0.25) is 11.6 Å². The van der Waals surface area contributed by atoms with Crippen LogP contribution in [0, 0.1) is 13.8 Å². The Morgan fingerprint density at radius 2 is 2.10 bits per heavy atom. The fourth-order valence-electron chi connectivity index (χ4n) is 2.48. The van der Waals surface area contributed by atoms with Crippen LogP contribution >= 0.6 is 0 Å². The van der Waals surface area contributed by atoms with Crippen LogP contribution < -0.4 is 5.73 Å². The maximum atomic E-state index is 12.7.